The first kappa shape index (κ1) is 18.9. The number of benzene rings is 3. The predicted molar refractivity (Wildman–Crippen MR) is 108 cm³/mol. The van der Waals surface area contributed by atoms with E-state index in [4.69, 9.17) is 11.6 Å². The van der Waals surface area contributed by atoms with Gasteiger partial charge >= 0.3 is 0 Å². The van der Waals surface area contributed by atoms with Crippen molar-refractivity contribution in [2.75, 3.05) is 16.5 Å². The zero-order chi connectivity index (χ0) is 19.3. The first-order valence-electron chi connectivity index (χ1n) is 8.13. The second kappa shape index (κ2) is 8.24. The average molecular weight is 401 g/mol. The van der Waals surface area contributed by atoms with Gasteiger partial charge in [0, 0.05) is 22.0 Å². The second-order valence-electron chi connectivity index (χ2n) is 5.79. The Morgan fingerprint density at radius 1 is 0.852 bits per heavy atom. The third-order valence-corrected chi connectivity index (χ3v) is 5.55. The molecule has 1 amide bonds. The highest BCUT2D eigenvalue weighted by molar-refractivity contribution is 7.91. The standard InChI is InChI=1S/C20H17ClN2O3S/c21-16-5-4-6-18(13-16)23-20(24)15-9-11-17(12-10-15)22-14-27(25,26)19-7-2-1-3-8-19/h1-13,22H,14H2,(H,23,24). The molecule has 0 radical (unpaired) electrons. The molecule has 0 bridgehead atoms. The number of carbonyl (C=O) groups excluding carboxylic acids is 1. The molecular formula is C20H17ClN2O3S. The summed E-state index contributed by atoms with van der Waals surface area (Å²) < 4.78 is 24.5. The third kappa shape index (κ3) is 5.09. The minimum atomic E-state index is -3.43. The van der Waals surface area contributed by atoms with Gasteiger partial charge in [-0.25, -0.2) is 8.42 Å². The number of amides is 1. The van der Waals surface area contributed by atoms with Crippen molar-refractivity contribution in [2.45, 2.75) is 4.90 Å². The van der Waals surface area contributed by atoms with Crippen LogP contribution in [-0.2, 0) is 9.84 Å². The summed E-state index contributed by atoms with van der Waals surface area (Å²) in [5.74, 6) is -0.508. The quantitative estimate of drug-likeness (QED) is 0.641. The Morgan fingerprint density at radius 2 is 1.56 bits per heavy atom. The summed E-state index contributed by atoms with van der Waals surface area (Å²) in [7, 11) is -3.43. The van der Waals surface area contributed by atoms with Gasteiger partial charge in [-0.15, -0.1) is 0 Å². The molecular weight excluding hydrogens is 384 g/mol. The van der Waals surface area contributed by atoms with E-state index >= 15 is 0 Å². The number of sulfone groups is 1. The Labute approximate surface area is 162 Å². The van der Waals surface area contributed by atoms with Crippen LogP contribution in [0.25, 0.3) is 0 Å². The minimum Gasteiger partial charge on any atom is -0.371 e. The molecule has 2 N–H and O–H groups in total. The number of hydrogen-bond acceptors (Lipinski definition) is 4. The van der Waals surface area contributed by atoms with E-state index in [-0.39, 0.29) is 16.7 Å². The summed E-state index contributed by atoms with van der Waals surface area (Å²) in [4.78, 5) is 12.5. The van der Waals surface area contributed by atoms with E-state index in [1.165, 1.54) is 0 Å². The van der Waals surface area contributed by atoms with Gasteiger partial charge < -0.3 is 10.6 Å². The first-order valence-corrected chi connectivity index (χ1v) is 10.2. The molecule has 0 saturated heterocycles. The van der Waals surface area contributed by atoms with Crippen molar-refractivity contribution < 1.29 is 13.2 Å². The second-order valence-corrected chi connectivity index (χ2v) is 8.22. The topological polar surface area (TPSA) is 75.3 Å². The Bertz CT molecular complexity index is 1040. The molecule has 5 nitrogen and oxygen atoms in total. The van der Waals surface area contributed by atoms with Crippen molar-refractivity contribution in [2.24, 2.45) is 0 Å². The molecule has 0 aliphatic rings. The van der Waals surface area contributed by atoms with E-state index < -0.39 is 9.84 Å². The number of hydrogen-bond donors (Lipinski definition) is 2. The van der Waals surface area contributed by atoms with Crippen LogP contribution in [0.4, 0.5) is 11.4 Å². The highest BCUT2D eigenvalue weighted by Gasteiger charge is 2.13. The van der Waals surface area contributed by atoms with Gasteiger partial charge in [-0.3, -0.25) is 4.79 Å². The van der Waals surface area contributed by atoms with Crippen LogP contribution in [0.15, 0.2) is 83.8 Å². The normalized spacial score (nSPS) is 11.0. The minimum absolute atomic E-state index is 0.231. The van der Waals surface area contributed by atoms with E-state index in [2.05, 4.69) is 10.6 Å². The lowest BCUT2D eigenvalue weighted by Crippen LogP contribution is -2.15. The summed E-state index contributed by atoms with van der Waals surface area (Å²) >= 11 is 5.90. The summed E-state index contributed by atoms with van der Waals surface area (Å²) in [6, 6.07) is 21.7. The van der Waals surface area contributed by atoms with Crippen molar-refractivity contribution >= 4 is 38.7 Å². The van der Waals surface area contributed by atoms with Crippen LogP contribution in [0.3, 0.4) is 0 Å². The highest BCUT2D eigenvalue weighted by atomic mass is 35.5. The number of nitrogens with one attached hydrogen (secondary N) is 2. The average Bonchev–Trinajstić information content (AvgIpc) is 2.67. The maximum Gasteiger partial charge on any atom is 0.255 e. The SMILES string of the molecule is O=C(Nc1cccc(Cl)c1)c1ccc(NCS(=O)(=O)c2ccccc2)cc1. The van der Waals surface area contributed by atoms with Gasteiger partial charge in [0.2, 0.25) is 0 Å². The molecule has 3 aromatic rings. The molecule has 138 valence electrons. The van der Waals surface area contributed by atoms with Gasteiger partial charge in [-0.2, -0.15) is 0 Å². The van der Waals surface area contributed by atoms with E-state index in [0.29, 0.717) is 22.0 Å². The van der Waals surface area contributed by atoms with Crippen molar-refractivity contribution in [3.8, 4) is 0 Å². The van der Waals surface area contributed by atoms with Gasteiger partial charge in [0.15, 0.2) is 9.84 Å². The van der Waals surface area contributed by atoms with Crippen LogP contribution in [0.1, 0.15) is 10.4 Å². The molecule has 0 atom stereocenters. The lowest BCUT2D eigenvalue weighted by molar-refractivity contribution is 0.102. The molecule has 0 fully saturated rings. The third-order valence-electron chi connectivity index (χ3n) is 3.80. The molecule has 0 aliphatic carbocycles. The van der Waals surface area contributed by atoms with E-state index in [0.717, 1.165) is 0 Å². The van der Waals surface area contributed by atoms with Gasteiger partial charge in [0.25, 0.3) is 5.91 Å². The van der Waals surface area contributed by atoms with Gasteiger partial charge in [0.05, 0.1) is 4.90 Å². The number of rotatable bonds is 6. The predicted octanol–water partition coefficient (Wildman–Crippen LogP) is 4.44. The molecule has 7 heteroatoms. The fourth-order valence-corrected chi connectivity index (χ4v) is 3.68. The summed E-state index contributed by atoms with van der Waals surface area (Å²) in [6.07, 6.45) is 0. The van der Waals surface area contributed by atoms with E-state index in [1.807, 2.05) is 0 Å². The summed E-state index contributed by atoms with van der Waals surface area (Å²) in [6.45, 7) is 0. The summed E-state index contributed by atoms with van der Waals surface area (Å²) in [5.41, 5.74) is 1.66. The maximum atomic E-state index is 12.3. The Morgan fingerprint density at radius 3 is 2.22 bits per heavy atom. The highest BCUT2D eigenvalue weighted by Crippen LogP contribution is 2.17. The van der Waals surface area contributed by atoms with E-state index in [1.54, 1.807) is 78.9 Å². The van der Waals surface area contributed by atoms with Gasteiger partial charge in [-0.1, -0.05) is 35.9 Å². The Kier molecular flexibility index (Phi) is 5.78. The van der Waals surface area contributed by atoms with Crippen LogP contribution < -0.4 is 10.6 Å². The Hall–Kier alpha value is -2.83. The van der Waals surface area contributed by atoms with Gasteiger partial charge in [0.1, 0.15) is 5.88 Å². The zero-order valence-electron chi connectivity index (χ0n) is 14.2. The smallest absolute Gasteiger partial charge is 0.255 e. The van der Waals surface area contributed by atoms with Gasteiger partial charge in [-0.05, 0) is 54.6 Å². The molecule has 0 spiro atoms. The molecule has 0 aliphatic heterocycles. The largest absolute Gasteiger partial charge is 0.371 e. The molecule has 27 heavy (non-hydrogen) atoms. The molecule has 3 rings (SSSR count). The molecule has 0 unspecified atom stereocenters. The maximum absolute atomic E-state index is 12.3. The zero-order valence-corrected chi connectivity index (χ0v) is 15.8. The van der Waals surface area contributed by atoms with Crippen molar-refractivity contribution in [1.29, 1.82) is 0 Å². The van der Waals surface area contributed by atoms with Crippen LogP contribution in [-0.4, -0.2) is 20.2 Å². The molecule has 0 heterocycles. The van der Waals surface area contributed by atoms with Crippen LogP contribution in [0, 0.1) is 0 Å². The number of carbonyl (C=O) groups is 1. The van der Waals surface area contributed by atoms with Crippen molar-refractivity contribution in [1.82, 2.24) is 0 Å². The van der Waals surface area contributed by atoms with Crippen molar-refractivity contribution in [3.63, 3.8) is 0 Å². The Balaban J connectivity index is 1.62. The number of halogens is 1. The fourth-order valence-electron chi connectivity index (χ4n) is 2.40. The van der Waals surface area contributed by atoms with Crippen molar-refractivity contribution in [3.05, 3.63) is 89.4 Å². The molecule has 0 saturated carbocycles. The fraction of sp³-hybridized carbons (Fsp3) is 0.0500. The van der Waals surface area contributed by atoms with Crippen LogP contribution >= 0.6 is 11.6 Å². The molecule has 0 aromatic heterocycles. The number of anilines is 2. The lowest BCUT2D eigenvalue weighted by atomic mass is 10.2. The van der Waals surface area contributed by atoms with Crippen LogP contribution in [0.2, 0.25) is 5.02 Å². The first-order chi connectivity index (χ1) is 12.9. The lowest BCUT2D eigenvalue weighted by Gasteiger charge is -2.09. The van der Waals surface area contributed by atoms with Crippen LogP contribution in [0.5, 0.6) is 0 Å². The molecule has 3 aromatic carbocycles. The van der Waals surface area contributed by atoms with E-state index in [9.17, 15) is 13.2 Å². The monoisotopic (exact) mass is 400 g/mol. The summed E-state index contributed by atoms with van der Waals surface area (Å²) in [5, 5.41) is 6.16.